The monoisotopic (exact) mass is 275 g/mol. The van der Waals surface area contributed by atoms with Gasteiger partial charge in [0.05, 0.1) is 12.0 Å². The zero-order valence-corrected chi connectivity index (χ0v) is 10.7. The van der Waals surface area contributed by atoms with Gasteiger partial charge in [0.15, 0.2) is 0 Å². The molecule has 0 bridgehead atoms. The molecule has 0 aliphatic heterocycles. The van der Waals surface area contributed by atoms with E-state index in [-0.39, 0.29) is 17.3 Å². The van der Waals surface area contributed by atoms with Gasteiger partial charge in [0, 0.05) is 12.1 Å². The number of nitrogens with zero attached hydrogens (tertiary/aromatic N) is 3. The molecule has 0 radical (unpaired) electrons. The van der Waals surface area contributed by atoms with Crippen molar-refractivity contribution in [1.29, 1.82) is 0 Å². The number of benzene rings is 1. The molecular formula is C12H13N5O3. The SMILES string of the molecule is COc1ccccc1CNc1ncnc(N)c1[N+](=O)[O-]. The second-order valence-electron chi connectivity index (χ2n) is 3.88. The van der Waals surface area contributed by atoms with Crippen molar-refractivity contribution in [3.63, 3.8) is 0 Å². The molecule has 0 fully saturated rings. The average Bonchev–Trinajstić information content (AvgIpc) is 2.45. The normalized spacial score (nSPS) is 10.1. The highest BCUT2D eigenvalue weighted by Crippen LogP contribution is 2.27. The number of hydrogen-bond donors (Lipinski definition) is 2. The Hall–Kier alpha value is -2.90. The standard InChI is InChI=1S/C12H13N5O3/c1-20-9-5-3-2-4-8(9)6-14-12-10(17(18)19)11(13)15-7-16-12/h2-5,7H,6H2,1H3,(H3,13,14,15,16). The van der Waals surface area contributed by atoms with Crippen molar-refractivity contribution in [2.24, 2.45) is 0 Å². The largest absolute Gasteiger partial charge is 0.496 e. The molecule has 0 spiro atoms. The molecule has 0 saturated carbocycles. The first-order chi connectivity index (χ1) is 9.63. The van der Waals surface area contributed by atoms with Crippen LogP contribution < -0.4 is 15.8 Å². The molecule has 20 heavy (non-hydrogen) atoms. The molecule has 2 rings (SSSR count). The molecule has 0 amide bonds. The molecule has 2 aromatic rings. The van der Waals surface area contributed by atoms with Gasteiger partial charge in [-0.3, -0.25) is 10.1 Å². The summed E-state index contributed by atoms with van der Waals surface area (Å²) in [7, 11) is 1.56. The second kappa shape index (κ2) is 5.83. The fourth-order valence-corrected chi connectivity index (χ4v) is 1.73. The fraction of sp³-hybridized carbons (Fsp3) is 0.167. The number of nitrogens with one attached hydrogen (secondary N) is 1. The van der Waals surface area contributed by atoms with Crippen molar-refractivity contribution in [1.82, 2.24) is 9.97 Å². The summed E-state index contributed by atoms with van der Waals surface area (Å²) in [5, 5.41) is 13.8. The summed E-state index contributed by atoms with van der Waals surface area (Å²) in [5.74, 6) is 0.589. The number of nitrogens with two attached hydrogens (primary N) is 1. The molecule has 8 heteroatoms. The Morgan fingerprint density at radius 1 is 1.40 bits per heavy atom. The Morgan fingerprint density at radius 2 is 2.15 bits per heavy atom. The molecule has 8 nitrogen and oxygen atoms in total. The van der Waals surface area contributed by atoms with Crippen LogP contribution >= 0.6 is 0 Å². The predicted molar refractivity (Wildman–Crippen MR) is 73.4 cm³/mol. The number of aromatic nitrogens is 2. The van der Waals surface area contributed by atoms with E-state index >= 15 is 0 Å². The van der Waals surface area contributed by atoms with Gasteiger partial charge < -0.3 is 15.8 Å². The molecule has 1 aromatic heterocycles. The van der Waals surface area contributed by atoms with Gasteiger partial charge in [-0.25, -0.2) is 9.97 Å². The highest BCUT2D eigenvalue weighted by atomic mass is 16.6. The van der Waals surface area contributed by atoms with E-state index in [2.05, 4.69) is 15.3 Å². The number of hydrogen-bond acceptors (Lipinski definition) is 7. The summed E-state index contributed by atoms with van der Waals surface area (Å²) in [4.78, 5) is 17.8. The molecule has 0 aliphatic rings. The molecule has 3 N–H and O–H groups in total. The maximum absolute atomic E-state index is 11.0. The van der Waals surface area contributed by atoms with E-state index in [4.69, 9.17) is 10.5 Å². The van der Waals surface area contributed by atoms with Crippen LogP contribution in [0.3, 0.4) is 0 Å². The maximum atomic E-state index is 11.0. The molecule has 1 heterocycles. The van der Waals surface area contributed by atoms with Crippen LogP contribution in [-0.2, 0) is 6.54 Å². The Morgan fingerprint density at radius 3 is 2.85 bits per heavy atom. The number of methoxy groups -OCH3 is 1. The summed E-state index contributed by atoms with van der Waals surface area (Å²) in [6, 6.07) is 7.34. The number of nitrogen functional groups attached to an aromatic ring is 1. The summed E-state index contributed by atoms with van der Waals surface area (Å²) in [5.41, 5.74) is 6.01. The topological polar surface area (TPSA) is 116 Å². The van der Waals surface area contributed by atoms with Crippen molar-refractivity contribution in [3.05, 3.63) is 46.3 Å². The third-order valence-corrected chi connectivity index (χ3v) is 2.67. The first-order valence-electron chi connectivity index (χ1n) is 5.74. The number of nitro groups is 1. The van der Waals surface area contributed by atoms with Gasteiger partial charge in [-0.1, -0.05) is 18.2 Å². The quantitative estimate of drug-likeness (QED) is 0.628. The highest BCUT2D eigenvalue weighted by molar-refractivity contribution is 5.67. The van der Waals surface area contributed by atoms with Crippen LogP contribution in [0, 0.1) is 10.1 Å². The van der Waals surface area contributed by atoms with Crippen LogP contribution in [0.4, 0.5) is 17.3 Å². The summed E-state index contributed by atoms with van der Waals surface area (Å²) in [6.07, 6.45) is 1.17. The average molecular weight is 275 g/mol. The van der Waals surface area contributed by atoms with Crippen molar-refractivity contribution in [2.45, 2.75) is 6.54 Å². The van der Waals surface area contributed by atoms with Crippen LogP contribution in [0.25, 0.3) is 0 Å². The van der Waals surface area contributed by atoms with E-state index in [1.54, 1.807) is 13.2 Å². The van der Waals surface area contributed by atoms with Gasteiger partial charge in [0.25, 0.3) is 0 Å². The molecule has 0 unspecified atom stereocenters. The molecule has 0 saturated heterocycles. The fourth-order valence-electron chi connectivity index (χ4n) is 1.73. The Balaban J connectivity index is 2.23. The minimum absolute atomic E-state index is 0.0772. The van der Waals surface area contributed by atoms with Gasteiger partial charge in [0.2, 0.25) is 11.6 Å². The molecule has 1 aromatic carbocycles. The molecule has 0 aliphatic carbocycles. The van der Waals surface area contributed by atoms with E-state index in [9.17, 15) is 10.1 Å². The first kappa shape index (κ1) is 13.5. The van der Waals surface area contributed by atoms with Crippen LogP contribution in [0.1, 0.15) is 5.56 Å². The van der Waals surface area contributed by atoms with Gasteiger partial charge in [-0.15, -0.1) is 0 Å². The summed E-state index contributed by atoms with van der Waals surface area (Å²) in [6.45, 7) is 0.321. The lowest BCUT2D eigenvalue weighted by molar-refractivity contribution is -0.383. The maximum Gasteiger partial charge on any atom is 0.352 e. The van der Waals surface area contributed by atoms with Gasteiger partial charge in [-0.05, 0) is 6.07 Å². The van der Waals surface area contributed by atoms with Crippen LogP contribution in [0.2, 0.25) is 0 Å². The number of ether oxygens (including phenoxy) is 1. The number of anilines is 2. The Bertz CT molecular complexity index is 632. The minimum Gasteiger partial charge on any atom is -0.496 e. The van der Waals surface area contributed by atoms with Crippen molar-refractivity contribution in [2.75, 3.05) is 18.2 Å². The highest BCUT2D eigenvalue weighted by Gasteiger charge is 2.20. The van der Waals surface area contributed by atoms with E-state index in [0.717, 1.165) is 5.56 Å². The lowest BCUT2D eigenvalue weighted by Crippen LogP contribution is -2.08. The van der Waals surface area contributed by atoms with Gasteiger partial charge >= 0.3 is 5.69 Å². The molecule has 104 valence electrons. The van der Waals surface area contributed by atoms with E-state index in [0.29, 0.717) is 12.3 Å². The third-order valence-electron chi connectivity index (χ3n) is 2.67. The predicted octanol–water partition coefficient (Wildman–Crippen LogP) is 1.59. The molecular weight excluding hydrogens is 262 g/mol. The lowest BCUT2D eigenvalue weighted by atomic mass is 10.2. The third kappa shape index (κ3) is 2.74. The zero-order valence-electron chi connectivity index (χ0n) is 10.7. The van der Waals surface area contributed by atoms with E-state index in [1.807, 2.05) is 18.2 Å². The number of rotatable bonds is 5. The van der Waals surface area contributed by atoms with Crippen molar-refractivity contribution >= 4 is 17.3 Å². The first-order valence-corrected chi connectivity index (χ1v) is 5.74. The second-order valence-corrected chi connectivity index (χ2v) is 3.88. The van der Waals surface area contributed by atoms with Crippen LogP contribution in [0.5, 0.6) is 5.75 Å². The van der Waals surface area contributed by atoms with Crippen LogP contribution in [0.15, 0.2) is 30.6 Å². The van der Waals surface area contributed by atoms with Crippen LogP contribution in [-0.4, -0.2) is 22.0 Å². The smallest absolute Gasteiger partial charge is 0.352 e. The van der Waals surface area contributed by atoms with E-state index < -0.39 is 4.92 Å². The zero-order chi connectivity index (χ0) is 14.5. The minimum atomic E-state index is -0.611. The number of para-hydroxylation sites is 1. The lowest BCUT2D eigenvalue weighted by Gasteiger charge is -2.10. The van der Waals surface area contributed by atoms with E-state index in [1.165, 1.54) is 6.33 Å². The summed E-state index contributed by atoms with van der Waals surface area (Å²) < 4.78 is 5.20. The Kier molecular flexibility index (Phi) is 3.94. The van der Waals surface area contributed by atoms with Crippen molar-refractivity contribution < 1.29 is 9.66 Å². The molecule has 0 atom stereocenters. The van der Waals surface area contributed by atoms with Crippen molar-refractivity contribution in [3.8, 4) is 5.75 Å². The summed E-state index contributed by atoms with van der Waals surface area (Å²) >= 11 is 0. The van der Waals surface area contributed by atoms with Gasteiger partial charge in [-0.2, -0.15) is 0 Å². The Labute approximate surface area is 114 Å². The van der Waals surface area contributed by atoms with Gasteiger partial charge in [0.1, 0.15) is 12.1 Å².